The molecule has 112 valence electrons. The van der Waals surface area contributed by atoms with Crippen LogP contribution in [0.1, 0.15) is 13.3 Å². The molecule has 0 saturated carbocycles. The molecule has 0 bridgehead atoms. The maximum atomic E-state index is 10.7. The summed E-state index contributed by atoms with van der Waals surface area (Å²) in [6, 6.07) is 5.31. The van der Waals surface area contributed by atoms with Crippen molar-refractivity contribution in [2.24, 2.45) is 0 Å². The van der Waals surface area contributed by atoms with Crippen LogP contribution in [0.15, 0.2) is 23.4 Å². The first-order valence-corrected chi connectivity index (χ1v) is 8.01. The Kier molecular flexibility index (Phi) is 5.50. The van der Waals surface area contributed by atoms with E-state index in [1.165, 1.54) is 0 Å². The molecule has 2 aromatic rings. The number of hydrogen-bond donors (Lipinski definition) is 1. The molecular weight excluding hydrogens is 333 g/mol. The highest BCUT2D eigenvalue weighted by atomic mass is 35.5. The third kappa shape index (κ3) is 3.70. The molecule has 0 unspecified atom stereocenters. The molecular formula is C13H13Cl2N3O2S. The number of carbonyl (C=O) groups is 1. The van der Waals surface area contributed by atoms with Crippen molar-refractivity contribution in [3.05, 3.63) is 28.2 Å². The average Bonchev–Trinajstić information content (AvgIpc) is 2.83. The molecule has 0 spiro atoms. The van der Waals surface area contributed by atoms with Gasteiger partial charge in [-0.2, -0.15) is 0 Å². The van der Waals surface area contributed by atoms with E-state index >= 15 is 0 Å². The lowest BCUT2D eigenvalue weighted by atomic mass is 10.2. The first-order chi connectivity index (χ1) is 10.0. The van der Waals surface area contributed by atoms with Crippen LogP contribution in [-0.2, 0) is 11.3 Å². The first kappa shape index (κ1) is 16.1. The van der Waals surface area contributed by atoms with Crippen LogP contribution in [0.5, 0.6) is 0 Å². The summed E-state index contributed by atoms with van der Waals surface area (Å²) in [7, 11) is 0. The van der Waals surface area contributed by atoms with Gasteiger partial charge < -0.3 is 9.67 Å². The lowest BCUT2D eigenvalue weighted by Crippen LogP contribution is -2.04. The molecule has 0 aliphatic rings. The smallest absolute Gasteiger partial charge is 0.313 e. The van der Waals surface area contributed by atoms with Crippen molar-refractivity contribution in [3.8, 4) is 11.4 Å². The van der Waals surface area contributed by atoms with Crippen LogP contribution in [0.4, 0.5) is 0 Å². The van der Waals surface area contributed by atoms with Gasteiger partial charge in [0, 0.05) is 12.1 Å². The number of nitrogens with zero attached hydrogens (tertiary/aromatic N) is 3. The molecule has 0 fully saturated rings. The highest BCUT2D eigenvalue weighted by Crippen LogP contribution is 2.34. The quantitative estimate of drug-likeness (QED) is 0.805. The molecule has 0 saturated heterocycles. The summed E-state index contributed by atoms with van der Waals surface area (Å²) < 4.78 is 1.87. The number of carboxylic acid groups (broad SMARTS) is 1. The minimum absolute atomic E-state index is 0.0644. The maximum Gasteiger partial charge on any atom is 0.313 e. The number of aliphatic carboxylic acids is 1. The van der Waals surface area contributed by atoms with Gasteiger partial charge in [0.15, 0.2) is 11.0 Å². The largest absolute Gasteiger partial charge is 0.481 e. The van der Waals surface area contributed by atoms with Crippen molar-refractivity contribution < 1.29 is 9.90 Å². The molecule has 1 aromatic carbocycles. The SMILES string of the molecule is CCCn1c(SCC(=O)O)nnc1-c1cccc(Cl)c1Cl. The van der Waals surface area contributed by atoms with Crippen LogP contribution < -0.4 is 0 Å². The third-order valence-electron chi connectivity index (χ3n) is 2.68. The number of hydrogen-bond acceptors (Lipinski definition) is 4. The molecule has 21 heavy (non-hydrogen) atoms. The van der Waals surface area contributed by atoms with E-state index in [0.29, 0.717) is 33.1 Å². The van der Waals surface area contributed by atoms with Gasteiger partial charge in [0.2, 0.25) is 0 Å². The van der Waals surface area contributed by atoms with Crippen molar-refractivity contribution in [2.45, 2.75) is 25.0 Å². The van der Waals surface area contributed by atoms with Gasteiger partial charge in [-0.05, 0) is 18.6 Å². The Morgan fingerprint density at radius 1 is 1.38 bits per heavy atom. The molecule has 0 radical (unpaired) electrons. The van der Waals surface area contributed by atoms with E-state index in [0.717, 1.165) is 18.2 Å². The summed E-state index contributed by atoms with van der Waals surface area (Å²) in [5.41, 5.74) is 0.687. The molecule has 1 heterocycles. The van der Waals surface area contributed by atoms with Crippen LogP contribution in [0.2, 0.25) is 10.0 Å². The molecule has 2 rings (SSSR count). The number of benzene rings is 1. The summed E-state index contributed by atoms with van der Waals surface area (Å²) in [5, 5.41) is 18.4. The zero-order chi connectivity index (χ0) is 15.4. The van der Waals surface area contributed by atoms with Gasteiger partial charge >= 0.3 is 5.97 Å². The van der Waals surface area contributed by atoms with Gasteiger partial charge in [-0.15, -0.1) is 10.2 Å². The Balaban J connectivity index is 2.43. The van der Waals surface area contributed by atoms with Crippen LogP contribution >= 0.6 is 35.0 Å². The van der Waals surface area contributed by atoms with Crippen LogP contribution in [-0.4, -0.2) is 31.6 Å². The van der Waals surface area contributed by atoms with Gasteiger partial charge in [0.25, 0.3) is 0 Å². The second-order valence-corrected chi connectivity index (χ2v) is 5.97. The van der Waals surface area contributed by atoms with E-state index in [9.17, 15) is 4.79 Å². The Morgan fingerprint density at radius 3 is 2.81 bits per heavy atom. The maximum absolute atomic E-state index is 10.7. The molecule has 0 atom stereocenters. The number of thioether (sulfide) groups is 1. The fourth-order valence-electron chi connectivity index (χ4n) is 1.82. The predicted octanol–water partition coefficient (Wildman–Crippen LogP) is 3.84. The van der Waals surface area contributed by atoms with Gasteiger partial charge in [0.05, 0.1) is 15.8 Å². The molecule has 5 nitrogen and oxygen atoms in total. The molecule has 0 aliphatic heterocycles. The summed E-state index contributed by atoms with van der Waals surface area (Å²) >= 11 is 13.4. The number of halogens is 2. The van der Waals surface area contributed by atoms with Crippen molar-refractivity contribution in [2.75, 3.05) is 5.75 Å². The van der Waals surface area contributed by atoms with Crippen molar-refractivity contribution in [1.82, 2.24) is 14.8 Å². The summed E-state index contributed by atoms with van der Waals surface area (Å²) in [6.07, 6.45) is 0.865. The van der Waals surface area contributed by atoms with E-state index in [1.807, 2.05) is 17.6 Å². The Labute approximate surface area is 136 Å². The lowest BCUT2D eigenvalue weighted by molar-refractivity contribution is -0.133. The molecule has 1 N–H and O–H groups in total. The monoisotopic (exact) mass is 345 g/mol. The normalized spacial score (nSPS) is 10.8. The van der Waals surface area contributed by atoms with Crippen molar-refractivity contribution in [1.29, 1.82) is 0 Å². The molecule has 0 amide bonds. The molecule has 8 heteroatoms. The Hall–Kier alpha value is -1.24. The lowest BCUT2D eigenvalue weighted by Gasteiger charge is -2.10. The molecule has 0 aliphatic carbocycles. The van der Waals surface area contributed by atoms with Crippen LogP contribution in [0, 0.1) is 0 Å². The van der Waals surface area contributed by atoms with Crippen molar-refractivity contribution in [3.63, 3.8) is 0 Å². The van der Waals surface area contributed by atoms with Crippen LogP contribution in [0.3, 0.4) is 0 Å². The van der Waals surface area contributed by atoms with Gasteiger partial charge in [-0.1, -0.05) is 48.0 Å². The van der Waals surface area contributed by atoms with E-state index < -0.39 is 5.97 Å². The minimum atomic E-state index is -0.895. The van der Waals surface area contributed by atoms with Gasteiger partial charge in [0.1, 0.15) is 0 Å². The third-order valence-corrected chi connectivity index (χ3v) is 4.45. The summed E-state index contributed by atoms with van der Waals surface area (Å²) in [6.45, 7) is 2.70. The number of rotatable bonds is 6. The Morgan fingerprint density at radius 2 is 2.14 bits per heavy atom. The first-order valence-electron chi connectivity index (χ1n) is 6.26. The Bertz CT molecular complexity index is 661. The second kappa shape index (κ2) is 7.15. The van der Waals surface area contributed by atoms with E-state index in [4.69, 9.17) is 28.3 Å². The predicted molar refractivity (Wildman–Crippen MR) is 84.1 cm³/mol. The topological polar surface area (TPSA) is 68.0 Å². The zero-order valence-electron chi connectivity index (χ0n) is 11.2. The minimum Gasteiger partial charge on any atom is -0.481 e. The van der Waals surface area contributed by atoms with E-state index in [-0.39, 0.29) is 5.75 Å². The zero-order valence-corrected chi connectivity index (χ0v) is 13.5. The van der Waals surface area contributed by atoms with E-state index in [2.05, 4.69) is 10.2 Å². The highest BCUT2D eigenvalue weighted by Gasteiger charge is 2.17. The fourth-order valence-corrected chi connectivity index (χ4v) is 2.89. The van der Waals surface area contributed by atoms with Gasteiger partial charge in [-0.3, -0.25) is 4.79 Å². The number of aromatic nitrogens is 3. The molecule has 1 aromatic heterocycles. The second-order valence-electron chi connectivity index (χ2n) is 4.24. The van der Waals surface area contributed by atoms with Crippen molar-refractivity contribution >= 4 is 40.9 Å². The standard InChI is InChI=1S/C13H13Cl2N3O2S/c1-2-6-18-12(8-4-3-5-9(14)11(8)15)16-17-13(18)21-7-10(19)20/h3-5H,2,6-7H2,1H3,(H,19,20). The number of carboxylic acids is 1. The summed E-state index contributed by atoms with van der Waals surface area (Å²) in [4.78, 5) is 10.7. The van der Waals surface area contributed by atoms with E-state index in [1.54, 1.807) is 12.1 Å². The highest BCUT2D eigenvalue weighted by molar-refractivity contribution is 7.99. The average molecular weight is 346 g/mol. The van der Waals surface area contributed by atoms with Crippen LogP contribution in [0.25, 0.3) is 11.4 Å². The summed E-state index contributed by atoms with van der Waals surface area (Å²) in [5.74, 6) is -0.365. The fraction of sp³-hybridized carbons (Fsp3) is 0.308. The van der Waals surface area contributed by atoms with Gasteiger partial charge in [-0.25, -0.2) is 0 Å².